The molecule has 1 N–H and O–H groups in total. The topological polar surface area (TPSA) is 60.2 Å². The van der Waals surface area contributed by atoms with Crippen LogP contribution in [-0.2, 0) is 5.60 Å². The first-order chi connectivity index (χ1) is 15.8. The third kappa shape index (κ3) is 3.78. The third-order valence-electron chi connectivity index (χ3n) is 5.54. The van der Waals surface area contributed by atoms with Crippen molar-refractivity contribution in [1.29, 1.82) is 0 Å². The van der Waals surface area contributed by atoms with Gasteiger partial charge in [-0.15, -0.1) is 0 Å². The maximum atomic E-state index is 14.1. The number of fused-ring (bicyclic) bond motifs is 2. The van der Waals surface area contributed by atoms with E-state index in [1.54, 1.807) is 35.1 Å². The van der Waals surface area contributed by atoms with Gasteiger partial charge in [-0.3, -0.25) is 4.98 Å². The zero-order chi connectivity index (χ0) is 23.1. The average molecular weight is 449 g/mol. The minimum atomic E-state index is -4.97. The molecule has 0 saturated heterocycles. The van der Waals surface area contributed by atoms with Crippen LogP contribution in [0, 0.1) is 0 Å². The van der Waals surface area contributed by atoms with Crippen molar-refractivity contribution in [3.05, 3.63) is 96.8 Å². The van der Waals surface area contributed by atoms with Gasteiger partial charge in [0.25, 0.3) is 0 Å². The molecule has 5 aromatic rings. The maximum Gasteiger partial charge on any atom is 0.424 e. The van der Waals surface area contributed by atoms with E-state index in [-0.39, 0.29) is 11.3 Å². The fourth-order valence-corrected chi connectivity index (χ4v) is 3.72. The molecule has 166 valence electrons. The van der Waals surface area contributed by atoms with Crippen LogP contribution in [0.5, 0.6) is 5.75 Å². The largest absolute Gasteiger partial charge is 0.490 e. The van der Waals surface area contributed by atoms with Crippen molar-refractivity contribution in [3.8, 4) is 11.4 Å². The molecule has 0 fully saturated rings. The Morgan fingerprint density at radius 1 is 0.879 bits per heavy atom. The number of hydrogen-bond donors (Lipinski definition) is 1. The molecular weight excluding hydrogens is 431 g/mol. The lowest BCUT2D eigenvalue weighted by atomic mass is 9.93. The Balaban J connectivity index is 1.48. The first-order valence-corrected chi connectivity index (χ1v) is 10.2. The molecule has 0 spiro atoms. The molecule has 0 radical (unpaired) electrons. The van der Waals surface area contributed by atoms with Gasteiger partial charge in [0, 0.05) is 23.0 Å². The van der Waals surface area contributed by atoms with Gasteiger partial charge in [0.1, 0.15) is 12.4 Å². The highest BCUT2D eigenvalue weighted by atomic mass is 19.4. The number of halogens is 3. The summed E-state index contributed by atoms with van der Waals surface area (Å²) in [6, 6.07) is 21.7. The Labute approximate surface area is 186 Å². The van der Waals surface area contributed by atoms with Gasteiger partial charge >= 0.3 is 6.18 Å². The van der Waals surface area contributed by atoms with E-state index in [0.29, 0.717) is 16.4 Å². The second-order valence-corrected chi connectivity index (χ2v) is 7.67. The quantitative estimate of drug-likeness (QED) is 0.390. The SMILES string of the molecule is OC(COc1ccc2cccnc2c1)(c1ccc2c(cnn2-c2ccccc2)c1)C(F)(F)F. The van der Waals surface area contributed by atoms with Gasteiger partial charge in [-0.05, 0) is 48.0 Å². The molecule has 5 rings (SSSR count). The molecule has 1 unspecified atom stereocenters. The first-order valence-electron chi connectivity index (χ1n) is 10.2. The van der Waals surface area contributed by atoms with E-state index in [9.17, 15) is 18.3 Å². The van der Waals surface area contributed by atoms with Crippen LogP contribution in [0.2, 0.25) is 0 Å². The number of alkyl halides is 3. The van der Waals surface area contributed by atoms with E-state index in [1.165, 1.54) is 24.4 Å². The van der Waals surface area contributed by atoms with Crippen molar-refractivity contribution < 1.29 is 23.0 Å². The molecule has 0 aliphatic carbocycles. The first kappa shape index (κ1) is 21.0. The number of aliphatic hydroxyl groups is 1. The van der Waals surface area contributed by atoms with E-state index in [1.807, 2.05) is 36.4 Å². The molecule has 0 aliphatic heterocycles. The van der Waals surface area contributed by atoms with Crippen LogP contribution in [0.1, 0.15) is 5.56 Å². The molecule has 0 aliphatic rings. The summed E-state index contributed by atoms with van der Waals surface area (Å²) in [5.41, 5.74) is -1.56. The number of nitrogens with zero attached hydrogens (tertiary/aromatic N) is 3. The summed E-state index contributed by atoms with van der Waals surface area (Å²) in [5.74, 6) is 0.182. The lowest BCUT2D eigenvalue weighted by Gasteiger charge is -2.31. The van der Waals surface area contributed by atoms with Crippen molar-refractivity contribution >= 4 is 21.8 Å². The molecule has 33 heavy (non-hydrogen) atoms. The monoisotopic (exact) mass is 449 g/mol. The molecule has 0 bridgehead atoms. The molecule has 8 heteroatoms. The zero-order valence-corrected chi connectivity index (χ0v) is 17.2. The summed E-state index contributed by atoms with van der Waals surface area (Å²) in [6.07, 6.45) is -1.91. The molecule has 2 aromatic heterocycles. The van der Waals surface area contributed by atoms with E-state index < -0.39 is 18.4 Å². The molecule has 1 atom stereocenters. The number of rotatable bonds is 5. The zero-order valence-electron chi connectivity index (χ0n) is 17.2. The number of benzene rings is 3. The number of aromatic nitrogens is 3. The molecular formula is C25H18F3N3O2. The Kier molecular flexibility index (Phi) is 5.02. The number of hydrogen-bond acceptors (Lipinski definition) is 4. The Morgan fingerprint density at radius 3 is 2.48 bits per heavy atom. The highest BCUT2D eigenvalue weighted by molar-refractivity contribution is 5.81. The van der Waals surface area contributed by atoms with Crippen LogP contribution < -0.4 is 4.74 Å². The normalized spacial score (nSPS) is 13.8. The molecule has 5 nitrogen and oxygen atoms in total. The van der Waals surface area contributed by atoms with E-state index in [4.69, 9.17) is 4.74 Å². The maximum absolute atomic E-state index is 14.1. The van der Waals surface area contributed by atoms with Crippen molar-refractivity contribution in [1.82, 2.24) is 14.8 Å². The van der Waals surface area contributed by atoms with E-state index in [0.717, 1.165) is 11.1 Å². The predicted molar refractivity (Wildman–Crippen MR) is 118 cm³/mol. The summed E-state index contributed by atoms with van der Waals surface area (Å²) in [4.78, 5) is 4.18. The predicted octanol–water partition coefficient (Wildman–Crippen LogP) is 5.40. The standard InChI is InChI=1S/C25H18F3N3O2/c26-25(27,28)24(32,16-33-21-10-8-17-5-4-12-29-22(17)14-21)19-9-11-23-18(13-19)15-30-31(23)20-6-2-1-3-7-20/h1-15,32H,16H2. The Hall–Kier alpha value is -3.91. The van der Waals surface area contributed by atoms with Gasteiger partial charge in [-0.25, -0.2) is 4.68 Å². The fourth-order valence-electron chi connectivity index (χ4n) is 3.72. The number of para-hydroxylation sites is 1. The van der Waals surface area contributed by atoms with Crippen molar-refractivity contribution in [2.24, 2.45) is 0 Å². The lowest BCUT2D eigenvalue weighted by Crippen LogP contribution is -2.47. The minimum absolute atomic E-state index is 0.182. The van der Waals surface area contributed by atoms with Gasteiger partial charge in [0.05, 0.1) is 22.9 Å². The van der Waals surface area contributed by atoms with Crippen LogP contribution in [-0.4, -0.2) is 32.7 Å². The highest BCUT2D eigenvalue weighted by Gasteiger charge is 2.56. The average Bonchev–Trinajstić information content (AvgIpc) is 3.25. The molecule has 2 heterocycles. The van der Waals surface area contributed by atoms with Crippen molar-refractivity contribution in [3.63, 3.8) is 0 Å². The lowest BCUT2D eigenvalue weighted by molar-refractivity contribution is -0.275. The van der Waals surface area contributed by atoms with E-state index in [2.05, 4.69) is 10.1 Å². The van der Waals surface area contributed by atoms with Crippen LogP contribution >= 0.6 is 0 Å². The molecule has 0 amide bonds. The minimum Gasteiger partial charge on any atom is -0.490 e. The summed E-state index contributed by atoms with van der Waals surface area (Å²) in [6.45, 7) is -1.01. The Bertz CT molecular complexity index is 1430. The van der Waals surface area contributed by atoms with Gasteiger partial charge in [-0.1, -0.05) is 30.3 Å². The second kappa shape index (κ2) is 7.90. The third-order valence-corrected chi connectivity index (χ3v) is 5.54. The van der Waals surface area contributed by atoms with Crippen LogP contribution in [0.4, 0.5) is 13.2 Å². The summed E-state index contributed by atoms with van der Waals surface area (Å²) < 4.78 is 49.2. The van der Waals surface area contributed by atoms with Crippen molar-refractivity contribution in [2.45, 2.75) is 11.8 Å². The fraction of sp³-hybridized carbons (Fsp3) is 0.120. The summed E-state index contributed by atoms with van der Waals surface area (Å²) in [5, 5.41) is 16.4. The van der Waals surface area contributed by atoms with Crippen LogP contribution in [0.15, 0.2) is 91.3 Å². The molecule has 0 saturated carbocycles. The Morgan fingerprint density at radius 2 is 1.70 bits per heavy atom. The number of pyridine rings is 1. The smallest absolute Gasteiger partial charge is 0.424 e. The summed E-state index contributed by atoms with van der Waals surface area (Å²) >= 11 is 0. The highest BCUT2D eigenvalue weighted by Crippen LogP contribution is 2.40. The van der Waals surface area contributed by atoms with Crippen molar-refractivity contribution in [2.75, 3.05) is 6.61 Å². The number of ether oxygens (including phenoxy) is 1. The molecule has 3 aromatic carbocycles. The van der Waals surface area contributed by atoms with Crippen LogP contribution in [0.3, 0.4) is 0 Å². The van der Waals surface area contributed by atoms with Crippen LogP contribution in [0.25, 0.3) is 27.5 Å². The van der Waals surface area contributed by atoms with Gasteiger partial charge in [0.2, 0.25) is 5.60 Å². The van der Waals surface area contributed by atoms with Gasteiger partial charge < -0.3 is 9.84 Å². The van der Waals surface area contributed by atoms with E-state index >= 15 is 0 Å². The second-order valence-electron chi connectivity index (χ2n) is 7.67. The van der Waals surface area contributed by atoms with Gasteiger partial charge in [0.15, 0.2) is 0 Å². The summed E-state index contributed by atoms with van der Waals surface area (Å²) in [7, 11) is 0. The van der Waals surface area contributed by atoms with Gasteiger partial charge in [-0.2, -0.15) is 18.3 Å².